The molecule has 7 heteroatoms. The highest BCUT2D eigenvalue weighted by molar-refractivity contribution is 7.09. The third-order valence-electron chi connectivity index (χ3n) is 4.26. The van der Waals surface area contributed by atoms with Gasteiger partial charge in [0.05, 0.1) is 16.2 Å². The Balaban J connectivity index is 1.39. The molecule has 0 saturated carbocycles. The third kappa shape index (κ3) is 3.68. The molecule has 2 aromatic heterocycles. The summed E-state index contributed by atoms with van der Waals surface area (Å²) in [5.41, 5.74) is 3.78. The molecule has 1 amide bonds. The normalized spacial score (nSPS) is 11.0. The van der Waals surface area contributed by atoms with Gasteiger partial charge in [-0.2, -0.15) is 0 Å². The third-order valence-corrected chi connectivity index (χ3v) is 5.17. The maximum absolute atomic E-state index is 12.3. The molecule has 136 valence electrons. The molecular formula is C20H17N3O3S. The number of rotatable bonds is 5. The van der Waals surface area contributed by atoms with Crippen molar-refractivity contribution in [3.63, 3.8) is 0 Å². The van der Waals surface area contributed by atoms with Gasteiger partial charge < -0.3 is 9.73 Å². The van der Waals surface area contributed by atoms with E-state index in [2.05, 4.69) is 10.3 Å². The predicted octanol–water partition coefficient (Wildman–Crippen LogP) is 3.83. The lowest BCUT2D eigenvalue weighted by Gasteiger charge is -2.04. The van der Waals surface area contributed by atoms with Gasteiger partial charge in [-0.1, -0.05) is 30.3 Å². The number of aryl methyl sites for hydroxylation is 2. The van der Waals surface area contributed by atoms with Crippen LogP contribution in [0, 0.1) is 0 Å². The van der Waals surface area contributed by atoms with Crippen molar-refractivity contribution in [2.75, 3.05) is 5.32 Å². The highest BCUT2D eigenvalue weighted by Gasteiger charge is 2.10. The van der Waals surface area contributed by atoms with E-state index >= 15 is 0 Å². The van der Waals surface area contributed by atoms with E-state index in [9.17, 15) is 9.59 Å². The zero-order valence-corrected chi connectivity index (χ0v) is 15.5. The second-order valence-corrected chi connectivity index (χ2v) is 7.09. The van der Waals surface area contributed by atoms with Gasteiger partial charge in [0.15, 0.2) is 5.58 Å². The Bertz CT molecular complexity index is 1160. The summed E-state index contributed by atoms with van der Waals surface area (Å²) in [5, 5.41) is 5.80. The van der Waals surface area contributed by atoms with Crippen LogP contribution >= 0.6 is 11.3 Å². The van der Waals surface area contributed by atoms with Gasteiger partial charge in [-0.3, -0.25) is 9.36 Å². The van der Waals surface area contributed by atoms with Gasteiger partial charge in [-0.15, -0.1) is 11.3 Å². The Labute approximate surface area is 159 Å². The predicted molar refractivity (Wildman–Crippen MR) is 106 cm³/mol. The van der Waals surface area contributed by atoms with Gasteiger partial charge in [0.2, 0.25) is 5.91 Å². The van der Waals surface area contributed by atoms with Crippen molar-refractivity contribution in [1.29, 1.82) is 0 Å². The summed E-state index contributed by atoms with van der Waals surface area (Å²) in [6.45, 7) is 0. The minimum absolute atomic E-state index is 0.0979. The Morgan fingerprint density at radius 3 is 2.85 bits per heavy atom. The number of nitrogens with one attached hydrogen (secondary N) is 1. The van der Waals surface area contributed by atoms with E-state index in [0.29, 0.717) is 29.6 Å². The molecular weight excluding hydrogens is 362 g/mol. The smallest absolute Gasteiger partial charge is 0.408 e. The van der Waals surface area contributed by atoms with Crippen LogP contribution in [0.4, 0.5) is 5.69 Å². The number of carbonyl (C=O) groups excluding carboxylic acids is 1. The molecule has 0 spiro atoms. The van der Waals surface area contributed by atoms with Gasteiger partial charge in [0.1, 0.15) is 0 Å². The van der Waals surface area contributed by atoms with Crippen molar-refractivity contribution in [1.82, 2.24) is 9.55 Å². The summed E-state index contributed by atoms with van der Waals surface area (Å²) >= 11 is 1.56. The molecule has 0 radical (unpaired) electrons. The number of amides is 1. The van der Waals surface area contributed by atoms with Gasteiger partial charge in [-0.25, -0.2) is 9.78 Å². The van der Waals surface area contributed by atoms with Crippen molar-refractivity contribution in [3.05, 3.63) is 69.5 Å². The lowest BCUT2D eigenvalue weighted by Crippen LogP contribution is -2.12. The van der Waals surface area contributed by atoms with E-state index in [1.807, 2.05) is 35.7 Å². The number of hydrogen-bond acceptors (Lipinski definition) is 5. The van der Waals surface area contributed by atoms with Crippen molar-refractivity contribution < 1.29 is 9.21 Å². The van der Waals surface area contributed by atoms with E-state index < -0.39 is 5.76 Å². The molecule has 4 aromatic rings. The number of anilines is 1. The van der Waals surface area contributed by atoms with Crippen LogP contribution in [0.25, 0.3) is 22.4 Å². The lowest BCUT2D eigenvalue weighted by atomic mass is 10.2. The maximum atomic E-state index is 12.3. The van der Waals surface area contributed by atoms with Crippen LogP contribution in [0.5, 0.6) is 0 Å². The van der Waals surface area contributed by atoms with Crippen LogP contribution in [-0.2, 0) is 18.3 Å². The zero-order valence-electron chi connectivity index (χ0n) is 14.6. The second kappa shape index (κ2) is 7.20. The number of aromatic nitrogens is 2. The summed E-state index contributed by atoms with van der Waals surface area (Å²) in [5.74, 6) is -0.522. The monoisotopic (exact) mass is 379 g/mol. The fourth-order valence-corrected chi connectivity index (χ4v) is 3.62. The SMILES string of the molecule is Cn1c(=O)oc2ccc(NC(=O)CCc3nc(-c4ccccc4)cs3)cc21. The quantitative estimate of drug-likeness (QED) is 0.572. The van der Waals surface area contributed by atoms with Gasteiger partial charge in [-0.05, 0) is 18.2 Å². The van der Waals surface area contributed by atoms with Crippen molar-refractivity contribution in [2.45, 2.75) is 12.8 Å². The molecule has 4 rings (SSSR count). The average Bonchev–Trinajstić information content (AvgIpc) is 3.26. The number of oxazole rings is 1. The molecule has 0 fully saturated rings. The van der Waals surface area contributed by atoms with E-state index in [4.69, 9.17) is 4.42 Å². The van der Waals surface area contributed by atoms with Crippen LogP contribution in [-0.4, -0.2) is 15.5 Å². The number of fused-ring (bicyclic) bond motifs is 1. The van der Waals surface area contributed by atoms with Crippen molar-refractivity contribution >= 4 is 34.0 Å². The first-order valence-corrected chi connectivity index (χ1v) is 9.37. The van der Waals surface area contributed by atoms with Crippen LogP contribution in [0.2, 0.25) is 0 Å². The molecule has 0 atom stereocenters. The average molecular weight is 379 g/mol. The molecule has 0 unspecified atom stereocenters. The topological polar surface area (TPSA) is 77.1 Å². The van der Waals surface area contributed by atoms with Crippen LogP contribution in [0.1, 0.15) is 11.4 Å². The van der Waals surface area contributed by atoms with E-state index in [-0.39, 0.29) is 5.91 Å². The molecule has 0 saturated heterocycles. The van der Waals surface area contributed by atoms with Crippen LogP contribution in [0.3, 0.4) is 0 Å². The van der Waals surface area contributed by atoms with Crippen molar-refractivity contribution in [2.24, 2.45) is 7.05 Å². The lowest BCUT2D eigenvalue weighted by molar-refractivity contribution is -0.116. The molecule has 2 aromatic carbocycles. The summed E-state index contributed by atoms with van der Waals surface area (Å²) in [7, 11) is 1.63. The summed E-state index contributed by atoms with van der Waals surface area (Å²) < 4.78 is 6.50. The number of carbonyl (C=O) groups is 1. The molecule has 2 heterocycles. The summed E-state index contributed by atoms with van der Waals surface area (Å²) in [6, 6.07) is 15.1. The minimum atomic E-state index is -0.425. The number of benzene rings is 2. The molecule has 0 aliphatic carbocycles. The molecule has 1 N–H and O–H groups in total. The summed E-state index contributed by atoms with van der Waals surface area (Å²) in [6.07, 6.45) is 0.917. The van der Waals surface area contributed by atoms with Crippen molar-refractivity contribution in [3.8, 4) is 11.3 Å². The first-order chi connectivity index (χ1) is 13.1. The molecule has 0 aliphatic heterocycles. The highest BCUT2D eigenvalue weighted by atomic mass is 32.1. The minimum Gasteiger partial charge on any atom is -0.408 e. The first kappa shape index (κ1) is 17.2. The van der Waals surface area contributed by atoms with Gasteiger partial charge in [0, 0.05) is 36.5 Å². The van der Waals surface area contributed by atoms with Crippen LogP contribution in [0.15, 0.2) is 63.1 Å². The number of hydrogen-bond donors (Lipinski definition) is 1. The standard InChI is InChI=1S/C20H17N3O3S/c1-23-16-11-14(7-8-17(16)26-20(23)25)21-18(24)9-10-19-22-15(12-27-19)13-5-3-2-4-6-13/h2-8,11-12H,9-10H2,1H3,(H,21,24). The maximum Gasteiger partial charge on any atom is 0.419 e. The van der Waals surface area contributed by atoms with Gasteiger partial charge >= 0.3 is 5.76 Å². The van der Waals surface area contributed by atoms with E-state index in [1.54, 1.807) is 36.6 Å². The fourth-order valence-electron chi connectivity index (χ4n) is 2.82. The summed E-state index contributed by atoms with van der Waals surface area (Å²) in [4.78, 5) is 28.4. The molecule has 0 aliphatic rings. The second-order valence-electron chi connectivity index (χ2n) is 6.15. The van der Waals surface area contributed by atoms with Gasteiger partial charge in [0.25, 0.3) is 0 Å². The zero-order chi connectivity index (χ0) is 18.8. The molecule has 6 nitrogen and oxygen atoms in total. The largest absolute Gasteiger partial charge is 0.419 e. The fraction of sp³-hybridized carbons (Fsp3) is 0.150. The Kier molecular flexibility index (Phi) is 4.60. The van der Waals surface area contributed by atoms with E-state index in [1.165, 1.54) is 4.57 Å². The molecule has 27 heavy (non-hydrogen) atoms. The number of thiazole rings is 1. The highest BCUT2D eigenvalue weighted by Crippen LogP contribution is 2.22. The Hall–Kier alpha value is -3.19. The number of nitrogens with zero attached hydrogens (tertiary/aromatic N) is 2. The Morgan fingerprint density at radius 1 is 1.22 bits per heavy atom. The first-order valence-electron chi connectivity index (χ1n) is 8.49. The Morgan fingerprint density at radius 2 is 2.04 bits per heavy atom. The van der Waals surface area contributed by atoms with E-state index in [0.717, 1.165) is 16.3 Å². The molecule has 0 bridgehead atoms. The van der Waals surface area contributed by atoms with Crippen LogP contribution < -0.4 is 11.1 Å².